The molecule has 0 saturated heterocycles. The largest absolute Gasteiger partial charge is 0.492 e. The van der Waals surface area contributed by atoms with Gasteiger partial charge in [0.2, 0.25) is 0 Å². The molecule has 0 fully saturated rings. The molecule has 0 aliphatic heterocycles. The number of benzene rings is 1. The van der Waals surface area contributed by atoms with Gasteiger partial charge in [0, 0.05) is 18.2 Å². The number of likely N-dealkylation sites (N-methyl/N-ethyl adjacent to an activating group) is 1. The number of nitrogens with zero attached hydrogens (tertiary/aromatic N) is 1. The average molecular weight is 268 g/mol. The lowest BCUT2D eigenvalue weighted by Crippen LogP contribution is -2.22. The van der Waals surface area contributed by atoms with Gasteiger partial charge in [0.25, 0.3) is 0 Å². The van der Waals surface area contributed by atoms with Gasteiger partial charge in [-0.05, 0) is 52.2 Å². The molecule has 0 aliphatic rings. The molecule has 1 atom stereocenters. The summed E-state index contributed by atoms with van der Waals surface area (Å²) in [5.74, 6) is 0.541. The molecule has 1 rings (SSSR count). The lowest BCUT2D eigenvalue weighted by atomic mass is 10.1. The van der Waals surface area contributed by atoms with Crippen molar-refractivity contribution in [2.75, 3.05) is 33.8 Å². The molecular formula is C15H25FN2O. The zero-order valence-electron chi connectivity index (χ0n) is 12.4. The van der Waals surface area contributed by atoms with Crippen molar-refractivity contribution in [2.24, 2.45) is 0 Å². The van der Waals surface area contributed by atoms with Crippen LogP contribution >= 0.6 is 0 Å². The van der Waals surface area contributed by atoms with E-state index in [1.807, 2.05) is 21.0 Å². The van der Waals surface area contributed by atoms with Crippen LogP contribution in [0, 0.1) is 5.82 Å². The van der Waals surface area contributed by atoms with Crippen LogP contribution < -0.4 is 10.1 Å². The predicted molar refractivity (Wildman–Crippen MR) is 77.2 cm³/mol. The fraction of sp³-hybridized carbons (Fsp3) is 0.600. The van der Waals surface area contributed by atoms with Crippen molar-refractivity contribution in [3.63, 3.8) is 0 Å². The standard InChI is InChI=1S/C15H25FN2O/c1-5-8-17-12(2)14-11-13(16)6-7-15(14)19-10-9-18(3)4/h6-7,11-12,17H,5,8-10H2,1-4H3. The lowest BCUT2D eigenvalue weighted by Gasteiger charge is -2.19. The summed E-state index contributed by atoms with van der Waals surface area (Å²) in [7, 11) is 4.00. The van der Waals surface area contributed by atoms with Crippen LogP contribution in [0.1, 0.15) is 31.9 Å². The number of ether oxygens (including phenoxy) is 1. The van der Waals surface area contributed by atoms with Crippen LogP contribution in [0.4, 0.5) is 4.39 Å². The zero-order chi connectivity index (χ0) is 14.3. The van der Waals surface area contributed by atoms with Gasteiger partial charge in [-0.2, -0.15) is 0 Å². The van der Waals surface area contributed by atoms with E-state index < -0.39 is 0 Å². The van der Waals surface area contributed by atoms with Crippen molar-refractivity contribution in [3.8, 4) is 5.75 Å². The molecule has 4 heteroatoms. The molecule has 1 aromatic rings. The molecule has 19 heavy (non-hydrogen) atoms. The van der Waals surface area contributed by atoms with E-state index in [0.717, 1.165) is 30.8 Å². The first kappa shape index (κ1) is 15.9. The fourth-order valence-electron chi connectivity index (χ4n) is 1.80. The highest BCUT2D eigenvalue weighted by atomic mass is 19.1. The summed E-state index contributed by atoms with van der Waals surface area (Å²) in [6.45, 7) is 6.50. The van der Waals surface area contributed by atoms with E-state index >= 15 is 0 Å². The van der Waals surface area contributed by atoms with Crippen molar-refractivity contribution in [3.05, 3.63) is 29.6 Å². The molecule has 0 aromatic heterocycles. The van der Waals surface area contributed by atoms with E-state index in [4.69, 9.17) is 4.74 Å². The second-order valence-electron chi connectivity index (χ2n) is 5.01. The Kier molecular flexibility index (Phi) is 6.81. The first-order valence-corrected chi connectivity index (χ1v) is 6.85. The summed E-state index contributed by atoms with van der Waals surface area (Å²) < 4.78 is 19.1. The molecule has 0 spiro atoms. The van der Waals surface area contributed by atoms with E-state index in [2.05, 4.69) is 17.1 Å². The van der Waals surface area contributed by atoms with Crippen molar-refractivity contribution in [1.29, 1.82) is 0 Å². The fourth-order valence-corrected chi connectivity index (χ4v) is 1.80. The molecule has 0 saturated carbocycles. The van der Waals surface area contributed by atoms with Crippen LogP contribution in [0.2, 0.25) is 0 Å². The van der Waals surface area contributed by atoms with Gasteiger partial charge in [0.05, 0.1) is 0 Å². The van der Waals surface area contributed by atoms with Gasteiger partial charge < -0.3 is 15.0 Å². The maximum absolute atomic E-state index is 13.4. The smallest absolute Gasteiger partial charge is 0.124 e. The summed E-state index contributed by atoms with van der Waals surface area (Å²) in [5, 5.41) is 3.36. The third kappa shape index (κ3) is 5.57. The minimum atomic E-state index is -0.222. The highest BCUT2D eigenvalue weighted by molar-refractivity contribution is 5.36. The zero-order valence-corrected chi connectivity index (χ0v) is 12.4. The molecule has 0 amide bonds. The molecule has 1 unspecified atom stereocenters. The normalized spacial score (nSPS) is 12.7. The lowest BCUT2D eigenvalue weighted by molar-refractivity contribution is 0.257. The third-order valence-corrected chi connectivity index (χ3v) is 2.93. The molecule has 0 bridgehead atoms. The van der Waals surface area contributed by atoms with E-state index in [1.165, 1.54) is 6.07 Å². The molecule has 0 aliphatic carbocycles. The Balaban J connectivity index is 2.73. The predicted octanol–water partition coefficient (Wildman–Crippen LogP) is 2.83. The number of rotatable bonds is 8. The van der Waals surface area contributed by atoms with Crippen molar-refractivity contribution in [1.82, 2.24) is 10.2 Å². The summed E-state index contributed by atoms with van der Waals surface area (Å²) in [4.78, 5) is 2.06. The Bertz CT molecular complexity index is 382. The van der Waals surface area contributed by atoms with Crippen LogP contribution in [0.5, 0.6) is 5.75 Å². The molecule has 108 valence electrons. The molecule has 0 radical (unpaired) electrons. The first-order chi connectivity index (χ1) is 9.04. The van der Waals surface area contributed by atoms with Gasteiger partial charge in [-0.1, -0.05) is 6.92 Å². The summed E-state index contributed by atoms with van der Waals surface area (Å²) in [5.41, 5.74) is 0.882. The van der Waals surface area contributed by atoms with Gasteiger partial charge >= 0.3 is 0 Å². The van der Waals surface area contributed by atoms with Gasteiger partial charge in [-0.25, -0.2) is 4.39 Å². The van der Waals surface area contributed by atoms with Gasteiger partial charge in [0.15, 0.2) is 0 Å². The van der Waals surface area contributed by atoms with Crippen molar-refractivity contribution in [2.45, 2.75) is 26.3 Å². The SMILES string of the molecule is CCCNC(C)c1cc(F)ccc1OCCN(C)C. The van der Waals surface area contributed by atoms with E-state index in [9.17, 15) is 4.39 Å². The topological polar surface area (TPSA) is 24.5 Å². The second kappa shape index (κ2) is 8.12. The highest BCUT2D eigenvalue weighted by Gasteiger charge is 2.12. The number of nitrogens with one attached hydrogen (secondary N) is 1. The first-order valence-electron chi connectivity index (χ1n) is 6.85. The van der Waals surface area contributed by atoms with Crippen LogP contribution in [0.15, 0.2) is 18.2 Å². The van der Waals surface area contributed by atoms with Crippen molar-refractivity contribution >= 4 is 0 Å². The Morgan fingerprint density at radius 1 is 1.37 bits per heavy atom. The van der Waals surface area contributed by atoms with E-state index in [1.54, 1.807) is 12.1 Å². The van der Waals surface area contributed by atoms with E-state index in [-0.39, 0.29) is 11.9 Å². The van der Waals surface area contributed by atoms with Gasteiger partial charge in [-0.3, -0.25) is 0 Å². The second-order valence-corrected chi connectivity index (χ2v) is 5.01. The van der Waals surface area contributed by atoms with Crippen LogP contribution in [0.25, 0.3) is 0 Å². The number of hydrogen-bond acceptors (Lipinski definition) is 3. The van der Waals surface area contributed by atoms with Gasteiger partial charge in [0.1, 0.15) is 18.2 Å². The van der Waals surface area contributed by atoms with Crippen LogP contribution in [0.3, 0.4) is 0 Å². The highest BCUT2D eigenvalue weighted by Crippen LogP contribution is 2.26. The maximum Gasteiger partial charge on any atom is 0.124 e. The molecule has 1 aromatic carbocycles. The third-order valence-electron chi connectivity index (χ3n) is 2.93. The molecular weight excluding hydrogens is 243 g/mol. The maximum atomic E-state index is 13.4. The summed E-state index contributed by atoms with van der Waals surface area (Å²) in [6, 6.07) is 4.80. The molecule has 3 nitrogen and oxygen atoms in total. The Hall–Kier alpha value is -1.13. The summed E-state index contributed by atoms with van der Waals surface area (Å²) in [6.07, 6.45) is 1.05. The minimum absolute atomic E-state index is 0.0880. The van der Waals surface area contributed by atoms with E-state index in [0.29, 0.717) is 6.61 Å². The number of hydrogen-bond donors (Lipinski definition) is 1. The number of halogens is 1. The van der Waals surface area contributed by atoms with Gasteiger partial charge in [-0.15, -0.1) is 0 Å². The quantitative estimate of drug-likeness (QED) is 0.784. The Labute approximate surface area is 115 Å². The van der Waals surface area contributed by atoms with Crippen LogP contribution in [-0.2, 0) is 0 Å². The van der Waals surface area contributed by atoms with Crippen molar-refractivity contribution < 1.29 is 9.13 Å². The van der Waals surface area contributed by atoms with Crippen LogP contribution in [-0.4, -0.2) is 38.7 Å². The molecule has 0 heterocycles. The minimum Gasteiger partial charge on any atom is -0.492 e. The Morgan fingerprint density at radius 2 is 2.11 bits per heavy atom. The molecule has 1 N–H and O–H groups in total. The summed E-state index contributed by atoms with van der Waals surface area (Å²) >= 11 is 0. The Morgan fingerprint density at radius 3 is 2.74 bits per heavy atom. The average Bonchev–Trinajstić information content (AvgIpc) is 2.37. The monoisotopic (exact) mass is 268 g/mol.